The molecule has 0 aliphatic heterocycles. The van der Waals surface area contributed by atoms with Gasteiger partial charge in [0.15, 0.2) is 0 Å². The van der Waals surface area contributed by atoms with Crippen LogP contribution in [-0.4, -0.2) is 81.0 Å². The number of carbonyl (C=O) groups excluding carboxylic acids is 4. The van der Waals surface area contributed by atoms with Crippen molar-refractivity contribution < 1.29 is 43.2 Å². The van der Waals surface area contributed by atoms with Crippen LogP contribution >= 0.6 is 11.6 Å². The van der Waals surface area contributed by atoms with Crippen LogP contribution in [0.25, 0.3) is 0 Å². The van der Waals surface area contributed by atoms with Crippen LogP contribution in [0.3, 0.4) is 0 Å². The van der Waals surface area contributed by atoms with Gasteiger partial charge in [-0.25, -0.2) is 4.79 Å². The van der Waals surface area contributed by atoms with Crippen molar-refractivity contribution >= 4 is 35.3 Å². The third kappa shape index (κ3) is 14.9. The minimum absolute atomic E-state index is 0.0630. The molecule has 292 valence electrons. The van der Waals surface area contributed by atoms with Gasteiger partial charge in [-0.1, -0.05) is 70.1 Å². The number of methoxy groups -OCH3 is 2. The van der Waals surface area contributed by atoms with E-state index in [1.54, 1.807) is 31.4 Å². The zero-order valence-electron chi connectivity index (χ0n) is 32.0. The van der Waals surface area contributed by atoms with E-state index in [1.165, 1.54) is 14.0 Å². The lowest BCUT2D eigenvalue weighted by molar-refractivity contribution is -0.158. The smallest absolute Gasteiger partial charge is 0.328 e. The number of carbonyl (C=O) groups is 4. The Morgan fingerprint density at radius 3 is 2.15 bits per heavy atom. The fraction of sp³-hybridized carbons (Fsp3) is 0.500. The lowest BCUT2D eigenvalue weighted by atomic mass is 9.86. The van der Waals surface area contributed by atoms with Crippen LogP contribution in [0.4, 0.5) is 0 Å². The van der Waals surface area contributed by atoms with E-state index >= 15 is 0 Å². The number of hydrogen-bond acceptors (Lipinski definition) is 9. The molecule has 12 nitrogen and oxygen atoms in total. The molecule has 0 saturated heterocycles. The average Bonchev–Trinajstić information content (AvgIpc) is 3.12. The van der Waals surface area contributed by atoms with E-state index in [0.29, 0.717) is 36.0 Å². The predicted molar refractivity (Wildman–Crippen MR) is 205 cm³/mol. The third-order valence-electron chi connectivity index (χ3n) is 8.54. The number of aliphatic hydroxyl groups is 1. The largest absolute Gasteiger partial charge is 0.497 e. The average molecular weight is 758 g/mol. The molecule has 0 aliphatic rings. The Hall–Kier alpha value is -4.39. The maximum Gasteiger partial charge on any atom is 0.328 e. The summed E-state index contributed by atoms with van der Waals surface area (Å²) in [4.78, 5) is 53.1. The Balaban J connectivity index is 2.15. The van der Waals surface area contributed by atoms with Crippen molar-refractivity contribution in [2.75, 3.05) is 34.0 Å². The molecule has 4 N–H and O–H groups in total. The molecule has 53 heavy (non-hydrogen) atoms. The van der Waals surface area contributed by atoms with E-state index in [4.69, 9.17) is 30.5 Å². The second-order valence-corrected chi connectivity index (χ2v) is 14.9. The maximum atomic E-state index is 13.8. The lowest BCUT2D eigenvalue weighted by Gasteiger charge is -2.33. The van der Waals surface area contributed by atoms with E-state index in [2.05, 4.69) is 29.1 Å². The molecule has 0 spiro atoms. The molecule has 5 atom stereocenters. The summed E-state index contributed by atoms with van der Waals surface area (Å²) < 4.78 is 22.3. The summed E-state index contributed by atoms with van der Waals surface area (Å²) in [5.41, 5.74) is -0.348. The maximum absolute atomic E-state index is 13.8. The van der Waals surface area contributed by atoms with E-state index in [0.717, 1.165) is 17.4 Å². The quantitative estimate of drug-likeness (QED) is 0.0741. The number of ether oxygens (including phenoxy) is 4. The van der Waals surface area contributed by atoms with E-state index in [9.17, 15) is 24.3 Å². The number of esters is 1. The first-order valence-corrected chi connectivity index (χ1v) is 17.8. The molecule has 0 aliphatic carbocycles. The Morgan fingerprint density at radius 1 is 0.943 bits per heavy atom. The molecule has 0 saturated carbocycles. The molecule has 0 radical (unpaired) electrons. The molecule has 0 fully saturated rings. The SMILES string of the molecule is C=CC[C@H](OC(=O)[C@H](CC(C)(C)C)NC(=O)C(C)(CO)CNC(=O)[C@@H](Cc1ccc(OC)c(Cl)c1)NC(=O)C=C)C(C)COCc1ccc(OC)cc1. The Kier molecular flexibility index (Phi) is 18.0. The van der Waals surface area contributed by atoms with Gasteiger partial charge in [-0.15, -0.1) is 6.58 Å². The van der Waals surface area contributed by atoms with Gasteiger partial charge in [0.05, 0.1) is 44.5 Å². The van der Waals surface area contributed by atoms with Crippen LogP contribution in [-0.2, 0) is 41.7 Å². The molecule has 0 heterocycles. The molecule has 2 rings (SSSR count). The van der Waals surface area contributed by atoms with E-state index < -0.39 is 59.3 Å². The molecule has 13 heteroatoms. The zero-order chi connectivity index (χ0) is 39.8. The van der Waals surface area contributed by atoms with Crippen LogP contribution in [0.5, 0.6) is 11.5 Å². The summed E-state index contributed by atoms with van der Waals surface area (Å²) in [6.07, 6.45) is 2.78. The van der Waals surface area contributed by atoms with Gasteiger partial charge in [-0.05, 0) is 60.2 Å². The summed E-state index contributed by atoms with van der Waals surface area (Å²) in [5, 5.41) is 18.8. The molecular weight excluding hydrogens is 702 g/mol. The second-order valence-electron chi connectivity index (χ2n) is 14.5. The summed E-state index contributed by atoms with van der Waals surface area (Å²) in [5.74, 6) is -1.51. The molecule has 2 aromatic carbocycles. The molecule has 2 aromatic rings. The highest BCUT2D eigenvalue weighted by atomic mass is 35.5. The first-order chi connectivity index (χ1) is 25.0. The van der Waals surface area contributed by atoms with E-state index in [1.807, 2.05) is 52.0 Å². The van der Waals surface area contributed by atoms with Gasteiger partial charge < -0.3 is 40.0 Å². The van der Waals surface area contributed by atoms with Gasteiger partial charge in [0.25, 0.3) is 0 Å². The van der Waals surface area contributed by atoms with Crippen LogP contribution in [0.1, 0.15) is 58.6 Å². The normalized spacial score (nSPS) is 14.7. The standard InChI is InChI=1S/C40H56ClN3O9/c1-10-12-33(26(3)22-52-23-27-13-16-29(50-8)17-14-27)53-37(48)32(21-39(4,5)6)44-38(49)40(7,25-45)24-42-36(47)31(43-35(46)11-2)20-28-15-18-34(51-9)30(41)19-28/h10-11,13-19,26,31-33,45H,1-2,12,20-25H2,3-9H3,(H,42,47)(H,43,46)(H,44,49)/t26?,31-,32+,33+,40?/m1/s1. The van der Waals surface area contributed by atoms with Gasteiger partial charge in [-0.2, -0.15) is 0 Å². The van der Waals surface area contributed by atoms with Crippen molar-refractivity contribution in [3.8, 4) is 11.5 Å². The highest BCUT2D eigenvalue weighted by Gasteiger charge is 2.38. The molecule has 3 amide bonds. The summed E-state index contributed by atoms with van der Waals surface area (Å²) in [7, 11) is 3.08. The monoisotopic (exact) mass is 757 g/mol. The molecular formula is C40H56ClN3O9. The van der Waals surface area contributed by atoms with Crippen LogP contribution in [0, 0.1) is 16.7 Å². The highest BCUT2D eigenvalue weighted by Crippen LogP contribution is 2.27. The Bertz CT molecular complexity index is 1540. The summed E-state index contributed by atoms with van der Waals surface area (Å²) in [6, 6.07) is 10.4. The lowest BCUT2D eigenvalue weighted by Crippen LogP contribution is -2.56. The first-order valence-electron chi connectivity index (χ1n) is 17.5. The van der Waals surface area contributed by atoms with Gasteiger partial charge >= 0.3 is 5.97 Å². The number of hydrogen-bond donors (Lipinski definition) is 4. The summed E-state index contributed by atoms with van der Waals surface area (Å²) >= 11 is 6.26. The second kappa shape index (κ2) is 21.3. The van der Waals surface area contributed by atoms with Crippen molar-refractivity contribution in [1.82, 2.24) is 16.0 Å². The third-order valence-corrected chi connectivity index (χ3v) is 8.84. The Morgan fingerprint density at radius 2 is 1.60 bits per heavy atom. The fourth-order valence-corrected chi connectivity index (χ4v) is 5.53. The van der Waals surface area contributed by atoms with Crippen molar-refractivity contribution in [2.24, 2.45) is 16.7 Å². The van der Waals surface area contributed by atoms with Gasteiger partial charge in [0.1, 0.15) is 29.7 Å². The first kappa shape index (κ1) is 44.8. The Labute approximate surface area is 318 Å². The minimum atomic E-state index is -1.55. The summed E-state index contributed by atoms with van der Waals surface area (Å²) in [6.45, 7) is 16.1. The number of benzene rings is 2. The van der Waals surface area contributed by atoms with Crippen molar-refractivity contribution in [2.45, 2.75) is 78.7 Å². The van der Waals surface area contributed by atoms with Crippen LogP contribution in [0.15, 0.2) is 67.8 Å². The number of amides is 3. The molecule has 0 aromatic heterocycles. The molecule has 0 bridgehead atoms. The van der Waals surface area contributed by atoms with E-state index in [-0.39, 0.29) is 25.3 Å². The number of nitrogens with one attached hydrogen (secondary N) is 3. The van der Waals surface area contributed by atoms with Crippen molar-refractivity contribution in [3.63, 3.8) is 0 Å². The van der Waals surface area contributed by atoms with Crippen LogP contribution in [0.2, 0.25) is 5.02 Å². The van der Waals surface area contributed by atoms with Crippen molar-refractivity contribution in [1.29, 1.82) is 0 Å². The van der Waals surface area contributed by atoms with Crippen LogP contribution < -0.4 is 25.4 Å². The highest BCUT2D eigenvalue weighted by molar-refractivity contribution is 6.32. The zero-order valence-corrected chi connectivity index (χ0v) is 32.7. The topological polar surface area (TPSA) is 162 Å². The number of halogens is 1. The van der Waals surface area contributed by atoms with Crippen molar-refractivity contribution in [3.05, 3.63) is 83.9 Å². The number of aliphatic hydroxyl groups excluding tert-OH is 1. The van der Waals surface area contributed by atoms with Gasteiger partial charge in [0, 0.05) is 25.3 Å². The minimum Gasteiger partial charge on any atom is -0.497 e. The van der Waals surface area contributed by atoms with Gasteiger partial charge in [-0.3, -0.25) is 14.4 Å². The number of rotatable bonds is 22. The molecule has 2 unspecified atom stereocenters. The fourth-order valence-electron chi connectivity index (χ4n) is 5.25. The van der Waals surface area contributed by atoms with Gasteiger partial charge in [0.2, 0.25) is 17.7 Å². The predicted octanol–water partition coefficient (Wildman–Crippen LogP) is 4.95.